The third-order valence-corrected chi connectivity index (χ3v) is 5.00. The summed E-state index contributed by atoms with van der Waals surface area (Å²) in [5.41, 5.74) is 0.205. The lowest BCUT2D eigenvalue weighted by atomic mass is 10.3. The fourth-order valence-corrected chi connectivity index (χ4v) is 3.44. The first-order chi connectivity index (χ1) is 11.6. The van der Waals surface area contributed by atoms with Crippen LogP contribution in [-0.4, -0.2) is 34.5 Å². The Hall–Kier alpha value is -1.94. The van der Waals surface area contributed by atoms with Crippen LogP contribution in [0.3, 0.4) is 0 Å². The molecule has 2 N–H and O–H groups in total. The van der Waals surface area contributed by atoms with Gasteiger partial charge in [-0.2, -0.15) is 8.78 Å². The molecule has 1 aliphatic carbocycles. The minimum atomic E-state index is -2.95. The molecule has 128 valence electrons. The van der Waals surface area contributed by atoms with Gasteiger partial charge >= 0.3 is 6.61 Å². The lowest BCUT2D eigenvalue weighted by Gasteiger charge is -2.11. The Morgan fingerprint density at radius 1 is 1.38 bits per heavy atom. The largest absolute Gasteiger partial charge is 0.433 e. The van der Waals surface area contributed by atoms with E-state index >= 15 is 0 Å². The molecule has 6 nitrogen and oxygen atoms in total. The molecule has 2 aromatic rings. The highest BCUT2D eigenvalue weighted by Gasteiger charge is 2.22. The second kappa shape index (κ2) is 7.75. The van der Waals surface area contributed by atoms with Crippen LogP contribution in [0.25, 0.3) is 0 Å². The molecule has 1 saturated carbocycles. The topological polar surface area (TPSA) is 76.1 Å². The molecule has 24 heavy (non-hydrogen) atoms. The van der Waals surface area contributed by atoms with Crippen LogP contribution in [0.1, 0.15) is 12.8 Å². The predicted molar refractivity (Wildman–Crippen MR) is 89.0 cm³/mol. The molecule has 0 bridgehead atoms. The number of ether oxygens (including phenoxy) is 1. The quantitative estimate of drug-likeness (QED) is 0.692. The number of nitrogens with zero attached hydrogens (tertiary/aromatic N) is 2. The van der Waals surface area contributed by atoms with Crippen molar-refractivity contribution < 1.29 is 18.3 Å². The number of aromatic nitrogens is 2. The van der Waals surface area contributed by atoms with Crippen molar-refractivity contribution in [2.24, 2.45) is 0 Å². The SMILES string of the molecule is O=C(CSc1nnc(NC2CC2)s1)Nc1ccccc1OC(F)F. The van der Waals surface area contributed by atoms with Gasteiger partial charge in [0.2, 0.25) is 11.0 Å². The van der Waals surface area contributed by atoms with E-state index in [1.807, 2.05) is 0 Å². The van der Waals surface area contributed by atoms with E-state index in [4.69, 9.17) is 0 Å². The number of benzene rings is 1. The first-order valence-corrected chi connectivity index (χ1v) is 8.97. The van der Waals surface area contributed by atoms with Gasteiger partial charge in [-0.25, -0.2) is 0 Å². The van der Waals surface area contributed by atoms with Crippen molar-refractivity contribution in [2.75, 3.05) is 16.4 Å². The molecule has 1 aromatic heterocycles. The van der Waals surface area contributed by atoms with Gasteiger partial charge in [0.15, 0.2) is 4.34 Å². The summed E-state index contributed by atoms with van der Waals surface area (Å²) in [5, 5.41) is 14.5. The van der Waals surface area contributed by atoms with Gasteiger partial charge in [-0.05, 0) is 25.0 Å². The zero-order valence-corrected chi connectivity index (χ0v) is 14.0. The fourth-order valence-electron chi connectivity index (χ4n) is 1.81. The van der Waals surface area contributed by atoms with Crippen molar-refractivity contribution in [1.29, 1.82) is 0 Å². The number of carbonyl (C=O) groups excluding carboxylic acids is 1. The smallest absolute Gasteiger partial charge is 0.387 e. The molecule has 1 amide bonds. The number of para-hydroxylation sites is 2. The van der Waals surface area contributed by atoms with Crippen molar-refractivity contribution in [3.05, 3.63) is 24.3 Å². The van der Waals surface area contributed by atoms with Crippen LogP contribution in [0, 0.1) is 0 Å². The van der Waals surface area contributed by atoms with Crippen LogP contribution in [-0.2, 0) is 4.79 Å². The Morgan fingerprint density at radius 3 is 2.92 bits per heavy atom. The highest BCUT2D eigenvalue weighted by molar-refractivity contribution is 8.01. The second-order valence-electron chi connectivity index (χ2n) is 5.00. The number of amides is 1. The van der Waals surface area contributed by atoms with E-state index in [1.165, 1.54) is 35.2 Å². The number of anilines is 2. The molecule has 10 heteroatoms. The minimum absolute atomic E-state index is 0.0716. The van der Waals surface area contributed by atoms with Crippen LogP contribution in [0.2, 0.25) is 0 Å². The first-order valence-electron chi connectivity index (χ1n) is 7.16. The Morgan fingerprint density at radius 2 is 2.17 bits per heavy atom. The molecular formula is C14H14F2N4O2S2. The maximum Gasteiger partial charge on any atom is 0.387 e. The highest BCUT2D eigenvalue weighted by atomic mass is 32.2. The van der Waals surface area contributed by atoms with Gasteiger partial charge in [-0.15, -0.1) is 10.2 Å². The number of alkyl halides is 2. The van der Waals surface area contributed by atoms with E-state index in [1.54, 1.807) is 12.1 Å². The van der Waals surface area contributed by atoms with Gasteiger partial charge in [0.05, 0.1) is 11.4 Å². The predicted octanol–water partition coefficient (Wildman–Crippen LogP) is 3.44. The van der Waals surface area contributed by atoms with Crippen molar-refractivity contribution in [2.45, 2.75) is 29.8 Å². The molecule has 1 fully saturated rings. The van der Waals surface area contributed by atoms with E-state index in [0.29, 0.717) is 10.4 Å². The summed E-state index contributed by atoms with van der Waals surface area (Å²) in [5.74, 6) is -0.309. The van der Waals surface area contributed by atoms with Gasteiger partial charge in [-0.1, -0.05) is 35.2 Å². The summed E-state index contributed by atoms with van der Waals surface area (Å²) in [6, 6.07) is 6.54. The van der Waals surface area contributed by atoms with Crippen LogP contribution in [0.4, 0.5) is 19.6 Å². The Bertz CT molecular complexity index is 710. The van der Waals surface area contributed by atoms with Gasteiger partial charge in [-0.3, -0.25) is 4.79 Å². The number of nitrogens with one attached hydrogen (secondary N) is 2. The number of thioether (sulfide) groups is 1. The summed E-state index contributed by atoms with van der Waals surface area (Å²) in [4.78, 5) is 12.0. The Balaban J connectivity index is 1.51. The third-order valence-electron chi connectivity index (χ3n) is 3.02. The molecular weight excluding hydrogens is 358 g/mol. The molecule has 0 saturated heterocycles. The molecule has 0 spiro atoms. The van der Waals surface area contributed by atoms with Crippen molar-refractivity contribution in [3.63, 3.8) is 0 Å². The third kappa shape index (κ3) is 5.03. The van der Waals surface area contributed by atoms with Crippen LogP contribution in [0.15, 0.2) is 28.6 Å². The summed E-state index contributed by atoms with van der Waals surface area (Å²) in [7, 11) is 0. The van der Waals surface area contributed by atoms with E-state index in [-0.39, 0.29) is 23.1 Å². The molecule has 0 aliphatic heterocycles. The number of hydrogen-bond donors (Lipinski definition) is 2. The number of hydrogen-bond acceptors (Lipinski definition) is 7. The van der Waals surface area contributed by atoms with Crippen LogP contribution >= 0.6 is 23.1 Å². The lowest BCUT2D eigenvalue weighted by Crippen LogP contribution is -2.15. The van der Waals surface area contributed by atoms with E-state index in [0.717, 1.165) is 18.0 Å². The maximum atomic E-state index is 12.3. The monoisotopic (exact) mass is 372 g/mol. The van der Waals surface area contributed by atoms with Gasteiger partial charge in [0.25, 0.3) is 0 Å². The van der Waals surface area contributed by atoms with E-state index in [9.17, 15) is 13.6 Å². The van der Waals surface area contributed by atoms with Crippen molar-refractivity contribution in [3.8, 4) is 5.75 Å². The summed E-state index contributed by atoms with van der Waals surface area (Å²) < 4.78 is 29.7. The molecule has 1 aliphatic rings. The summed E-state index contributed by atoms with van der Waals surface area (Å²) in [6.45, 7) is -2.95. The summed E-state index contributed by atoms with van der Waals surface area (Å²) in [6.07, 6.45) is 2.29. The van der Waals surface area contributed by atoms with Crippen LogP contribution < -0.4 is 15.4 Å². The number of carbonyl (C=O) groups is 1. The minimum Gasteiger partial charge on any atom is -0.433 e. The maximum absolute atomic E-state index is 12.3. The van der Waals surface area contributed by atoms with Gasteiger partial charge in [0, 0.05) is 6.04 Å². The molecule has 1 heterocycles. The van der Waals surface area contributed by atoms with Crippen molar-refractivity contribution in [1.82, 2.24) is 10.2 Å². The van der Waals surface area contributed by atoms with Gasteiger partial charge < -0.3 is 15.4 Å². The normalized spacial score (nSPS) is 13.8. The highest BCUT2D eigenvalue weighted by Crippen LogP contribution is 2.30. The lowest BCUT2D eigenvalue weighted by molar-refractivity contribution is -0.113. The average molecular weight is 372 g/mol. The van der Waals surface area contributed by atoms with E-state index < -0.39 is 6.61 Å². The molecule has 1 aromatic carbocycles. The van der Waals surface area contributed by atoms with Crippen molar-refractivity contribution >= 4 is 39.8 Å². The molecule has 3 rings (SSSR count). The zero-order chi connectivity index (χ0) is 16.9. The standard InChI is InChI=1S/C14H14F2N4O2S2/c15-12(16)22-10-4-2-1-3-9(10)18-11(21)7-23-14-20-19-13(24-14)17-8-5-6-8/h1-4,8,12H,5-7H2,(H,17,19)(H,18,21). The Kier molecular flexibility index (Phi) is 5.46. The van der Waals surface area contributed by atoms with E-state index in [2.05, 4.69) is 25.6 Å². The molecule has 0 unspecified atom stereocenters. The molecule has 0 radical (unpaired) electrons. The second-order valence-corrected chi connectivity index (χ2v) is 7.20. The molecule has 0 atom stereocenters. The average Bonchev–Trinajstić information content (AvgIpc) is 3.23. The summed E-state index contributed by atoms with van der Waals surface area (Å²) >= 11 is 2.63. The number of rotatable bonds is 8. The number of halogens is 2. The first kappa shape index (κ1) is 16.9. The Labute approximate surface area is 145 Å². The fraction of sp³-hybridized carbons (Fsp3) is 0.357. The van der Waals surface area contributed by atoms with Gasteiger partial charge in [0.1, 0.15) is 5.75 Å². The zero-order valence-electron chi connectivity index (χ0n) is 12.4. The van der Waals surface area contributed by atoms with Crippen LogP contribution in [0.5, 0.6) is 5.75 Å².